The van der Waals surface area contributed by atoms with Gasteiger partial charge in [-0.3, -0.25) is 24.6 Å². The monoisotopic (exact) mass is 454 g/mol. The van der Waals surface area contributed by atoms with Gasteiger partial charge >= 0.3 is 0 Å². The van der Waals surface area contributed by atoms with Gasteiger partial charge in [-0.2, -0.15) is 0 Å². The van der Waals surface area contributed by atoms with Crippen LogP contribution in [0.25, 0.3) is 17.4 Å². The summed E-state index contributed by atoms with van der Waals surface area (Å²) in [6.45, 7) is 0.290. The van der Waals surface area contributed by atoms with Crippen LogP contribution in [0.15, 0.2) is 70.0 Å². The fraction of sp³-hybridized carbons (Fsp3) is 0.0909. The molecule has 31 heavy (non-hydrogen) atoms. The van der Waals surface area contributed by atoms with Gasteiger partial charge in [0.15, 0.2) is 0 Å². The number of amides is 2. The highest BCUT2D eigenvalue weighted by Gasteiger charge is 2.34. The zero-order chi connectivity index (χ0) is 22.0. The lowest BCUT2D eigenvalue weighted by atomic mass is 10.1. The first kappa shape index (κ1) is 20.9. The van der Waals surface area contributed by atoms with Gasteiger partial charge in [0.25, 0.3) is 16.8 Å². The van der Waals surface area contributed by atoms with Crippen molar-refractivity contribution in [1.29, 1.82) is 0 Å². The van der Waals surface area contributed by atoms with Crippen LogP contribution < -0.4 is 0 Å². The number of non-ortho nitro benzene ring substituents is 1. The summed E-state index contributed by atoms with van der Waals surface area (Å²) in [6, 6.07) is 16.9. The zero-order valence-electron chi connectivity index (χ0n) is 16.0. The Bertz CT molecular complexity index is 1210. The molecule has 1 aliphatic heterocycles. The van der Waals surface area contributed by atoms with Crippen LogP contribution in [0.2, 0.25) is 5.02 Å². The SMILES string of the molecule is O=C1S/C(=C/c2ccc(-c3cc([N+](=O)[O-])ccc3Cl)o2)C(=O)N1CCc1ccccc1. The maximum atomic E-state index is 12.7. The Morgan fingerprint density at radius 3 is 2.61 bits per heavy atom. The molecule has 0 aliphatic carbocycles. The van der Waals surface area contributed by atoms with Crippen LogP contribution >= 0.6 is 23.4 Å². The molecule has 0 spiro atoms. The Hall–Kier alpha value is -3.36. The van der Waals surface area contributed by atoms with Gasteiger partial charge in [-0.15, -0.1) is 0 Å². The number of hydrogen-bond donors (Lipinski definition) is 0. The second kappa shape index (κ2) is 8.79. The van der Waals surface area contributed by atoms with Crippen molar-refractivity contribution in [2.24, 2.45) is 0 Å². The minimum atomic E-state index is -0.519. The molecule has 156 valence electrons. The molecule has 2 heterocycles. The minimum absolute atomic E-state index is 0.114. The van der Waals surface area contributed by atoms with Crippen LogP contribution in [-0.2, 0) is 11.2 Å². The number of benzene rings is 2. The Kier molecular flexibility index (Phi) is 5.92. The molecule has 4 rings (SSSR count). The average molecular weight is 455 g/mol. The third-order valence-corrected chi connectivity index (χ3v) is 5.90. The average Bonchev–Trinajstić information content (AvgIpc) is 3.32. The van der Waals surface area contributed by atoms with Crippen molar-refractivity contribution < 1.29 is 18.9 Å². The number of nitro groups is 1. The zero-order valence-corrected chi connectivity index (χ0v) is 17.6. The van der Waals surface area contributed by atoms with Crippen molar-refractivity contribution >= 4 is 46.3 Å². The molecule has 3 aromatic rings. The topological polar surface area (TPSA) is 93.7 Å². The van der Waals surface area contributed by atoms with Crippen molar-refractivity contribution in [1.82, 2.24) is 4.90 Å². The first-order chi connectivity index (χ1) is 14.9. The van der Waals surface area contributed by atoms with E-state index in [-0.39, 0.29) is 21.7 Å². The highest BCUT2D eigenvalue weighted by atomic mass is 35.5. The van der Waals surface area contributed by atoms with E-state index in [1.54, 1.807) is 12.1 Å². The lowest BCUT2D eigenvalue weighted by Crippen LogP contribution is -2.30. The van der Waals surface area contributed by atoms with Crippen molar-refractivity contribution in [2.75, 3.05) is 6.54 Å². The highest BCUT2D eigenvalue weighted by Crippen LogP contribution is 2.35. The molecule has 1 saturated heterocycles. The van der Waals surface area contributed by atoms with Crippen LogP contribution in [-0.4, -0.2) is 27.5 Å². The smallest absolute Gasteiger partial charge is 0.293 e. The molecule has 0 saturated carbocycles. The molecular weight excluding hydrogens is 440 g/mol. The Morgan fingerprint density at radius 2 is 1.87 bits per heavy atom. The number of nitrogens with zero attached hydrogens (tertiary/aromatic N) is 2. The number of hydrogen-bond acceptors (Lipinski definition) is 6. The lowest BCUT2D eigenvalue weighted by Gasteiger charge is -2.11. The number of rotatable bonds is 6. The molecule has 0 radical (unpaired) electrons. The normalized spacial score (nSPS) is 15.1. The van der Waals surface area contributed by atoms with Crippen LogP contribution in [0.5, 0.6) is 0 Å². The Morgan fingerprint density at radius 1 is 1.10 bits per heavy atom. The van der Waals surface area contributed by atoms with Gasteiger partial charge in [0.1, 0.15) is 11.5 Å². The quantitative estimate of drug-likeness (QED) is 0.266. The number of furan rings is 1. The summed E-state index contributed by atoms with van der Waals surface area (Å²) >= 11 is 7.00. The van der Waals surface area contributed by atoms with E-state index >= 15 is 0 Å². The lowest BCUT2D eigenvalue weighted by molar-refractivity contribution is -0.384. The van der Waals surface area contributed by atoms with E-state index in [2.05, 4.69) is 0 Å². The van der Waals surface area contributed by atoms with E-state index in [0.29, 0.717) is 35.1 Å². The van der Waals surface area contributed by atoms with Crippen LogP contribution in [0.1, 0.15) is 11.3 Å². The summed E-state index contributed by atoms with van der Waals surface area (Å²) in [5, 5.41) is 11.0. The van der Waals surface area contributed by atoms with Gasteiger partial charge in [0.2, 0.25) is 0 Å². The summed E-state index contributed by atoms with van der Waals surface area (Å²) < 4.78 is 5.72. The van der Waals surface area contributed by atoms with E-state index in [4.69, 9.17) is 16.0 Å². The number of nitro benzene ring substituents is 1. The van der Waals surface area contributed by atoms with Gasteiger partial charge in [-0.25, -0.2) is 0 Å². The number of imide groups is 1. The van der Waals surface area contributed by atoms with Gasteiger partial charge in [0, 0.05) is 30.3 Å². The van der Waals surface area contributed by atoms with Crippen LogP contribution in [0.4, 0.5) is 10.5 Å². The summed E-state index contributed by atoms with van der Waals surface area (Å²) in [4.78, 5) is 36.9. The predicted octanol–water partition coefficient (Wildman–Crippen LogP) is 5.79. The molecular formula is C22H15ClN2O5S. The second-order valence-corrected chi connectivity index (χ2v) is 8.09. The number of halogens is 1. The third-order valence-electron chi connectivity index (χ3n) is 4.67. The largest absolute Gasteiger partial charge is 0.457 e. The number of carbonyl (C=O) groups is 2. The van der Waals surface area contributed by atoms with Gasteiger partial charge in [-0.05, 0) is 41.9 Å². The molecule has 9 heteroatoms. The summed E-state index contributed by atoms with van der Waals surface area (Å²) in [5.74, 6) is 0.284. The van der Waals surface area contributed by atoms with E-state index in [1.807, 2.05) is 30.3 Å². The van der Waals surface area contributed by atoms with E-state index < -0.39 is 4.92 Å². The molecule has 1 fully saturated rings. The van der Waals surface area contributed by atoms with Crippen LogP contribution in [0.3, 0.4) is 0 Å². The fourth-order valence-corrected chi connectivity index (χ4v) is 4.15. The van der Waals surface area contributed by atoms with Gasteiger partial charge in [-0.1, -0.05) is 41.9 Å². The summed E-state index contributed by atoms with van der Waals surface area (Å²) in [6.07, 6.45) is 2.06. The van der Waals surface area contributed by atoms with Crippen molar-refractivity contribution in [3.05, 3.63) is 92.0 Å². The molecule has 2 amide bonds. The molecule has 0 unspecified atom stereocenters. The summed E-state index contributed by atoms with van der Waals surface area (Å²) in [7, 11) is 0. The minimum Gasteiger partial charge on any atom is -0.457 e. The molecule has 0 N–H and O–H groups in total. The highest BCUT2D eigenvalue weighted by molar-refractivity contribution is 8.18. The summed E-state index contributed by atoms with van der Waals surface area (Å²) in [5.41, 5.74) is 1.29. The van der Waals surface area contributed by atoms with Crippen LogP contribution in [0, 0.1) is 10.1 Å². The molecule has 1 aliphatic rings. The van der Waals surface area contributed by atoms with E-state index in [9.17, 15) is 19.7 Å². The maximum absolute atomic E-state index is 12.7. The van der Waals surface area contributed by atoms with Crippen molar-refractivity contribution in [2.45, 2.75) is 6.42 Å². The first-order valence-electron chi connectivity index (χ1n) is 9.26. The third kappa shape index (κ3) is 4.55. The fourth-order valence-electron chi connectivity index (χ4n) is 3.10. The molecule has 0 atom stereocenters. The van der Waals surface area contributed by atoms with Crippen molar-refractivity contribution in [3.63, 3.8) is 0 Å². The molecule has 7 nitrogen and oxygen atoms in total. The Balaban J connectivity index is 1.52. The first-order valence-corrected chi connectivity index (χ1v) is 10.5. The number of thioether (sulfide) groups is 1. The molecule has 1 aromatic heterocycles. The van der Waals surface area contributed by atoms with Gasteiger partial charge in [0.05, 0.1) is 14.9 Å². The van der Waals surface area contributed by atoms with E-state index in [1.165, 1.54) is 29.2 Å². The maximum Gasteiger partial charge on any atom is 0.293 e. The predicted molar refractivity (Wildman–Crippen MR) is 119 cm³/mol. The molecule has 2 aromatic carbocycles. The Labute approximate surface area is 186 Å². The van der Waals surface area contributed by atoms with E-state index in [0.717, 1.165) is 17.3 Å². The standard InChI is InChI=1S/C22H15ClN2O5S/c23-18-8-6-15(25(28)29)12-17(18)19-9-7-16(30-19)13-20-21(26)24(22(27)31-20)11-10-14-4-2-1-3-5-14/h1-9,12-13H,10-11H2/b20-13+. The molecule has 0 bridgehead atoms. The van der Waals surface area contributed by atoms with Crippen molar-refractivity contribution in [3.8, 4) is 11.3 Å². The number of carbonyl (C=O) groups excluding carboxylic acids is 2. The van der Waals surface area contributed by atoms with Gasteiger partial charge < -0.3 is 4.42 Å². The second-order valence-electron chi connectivity index (χ2n) is 6.69.